The van der Waals surface area contributed by atoms with Gasteiger partial charge in [-0.05, 0) is 70.5 Å². The molecule has 420 valence electrons. The van der Waals surface area contributed by atoms with Gasteiger partial charge in [0.25, 0.3) is 0 Å². The summed E-state index contributed by atoms with van der Waals surface area (Å²) in [5.74, 6) is 7.09. The average Bonchev–Trinajstić information content (AvgIpc) is 4.18. The Morgan fingerprint density at radius 2 is 0.662 bits per heavy atom. The molecule has 0 aromatic heterocycles. The van der Waals surface area contributed by atoms with Crippen LogP contribution in [0.5, 0.6) is 0 Å². The van der Waals surface area contributed by atoms with Gasteiger partial charge in [-0.25, -0.2) is 0 Å². The Morgan fingerprint density at radius 3 is 0.809 bits per heavy atom. The van der Waals surface area contributed by atoms with Crippen LogP contribution in [0, 0.1) is 57.7 Å². The minimum Gasteiger partial charge on any atom is -0.0683 e. The van der Waals surface area contributed by atoms with E-state index in [0.717, 1.165) is 46.8 Å². The molecule has 6 aliphatic carbocycles. The quantitative estimate of drug-likeness (QED) is 0.249. The molecule has 0 aromatic rings. The lowest BCUT2D eigenvalue weighted by Gasteiger charge is -2.19. The van der Waals surface area contributed by atoms with Crippen LogP contribution in [0.4, 0.5) is 0 Å². The van der Waals surface area contributed by atoms with Crippen LogP contribution in [0.3, 0.4) is 0 Å². The van der Waals surface area contributed by atoms with Crippen molar-refractivity contribution in [3.63, 3.8) is 0 Å². The summed E-state index contributed by atoms with van der Waals surface area (Å²) < 4.78 is 0. The largest absolute Gasteiger partial charge is 0.0683 e. The second kappa shape index (κ2) is 56.3. The predicted molar refractivity (Wildman–Crippen MR) is 326 cm³/mol. The van der Waals surface area contributed by atoms with Crippen LogP contribution < -0.4 is 0 Å². The molecule has 6 rings (SSSR count). The monoisotopic (exact) mass is 965 g/mol. The van der Waals surface area contributed by atoms with E-state index in [-0.39, 0.29) is 0 Å². The van der Waals surface area contributed by atoms with E-state index in [1.807, 2.05) is 27.7 Å². The van der Waals surface area contributed by atoms with Crippen LogP contribution in [0.2, 0.25) is 0 Å². The summed E-state index contributed by atoms with van der Waals surface area (Å²) in [6, 6.07) is 0. The second-order valence-corrected chi connectivity index (χ2v) is 26.4. The molecule has 6 fully saturated rings. The molecule has 6 saturated carbocycles. The maximum atomic E-state index is 2.42. The first kappa shape index (κ1) is 79.4. The highest BCUT2D eigenvalue weighted by molar-refractivity contribution is 4.78. The van der Waals surface area contributed by atoms with Gasteiger partial charge in [0.15, 0.2) is 0 Å². The lowest BCUT2D eigenvalue weighted by Crippen LogP contribution is -2.07. The lowest BCUT2D eigenvalue weighted by molar-refractivity contribution is 0.323. The molecule has 0 aliphatic heterocycles. The molecule has 0 atom stereocenters. The molecule has 68 heavy (non-hydrogen) atoms. The zero-order chi connectivity index (χ0) is 53.9. The van der Waals surface area contributed by atoms with E-state index < -0.39 is 0 Å². The zero-order valence-electron chi connectivity index (χ0n) is 53.9. The van der Waals surface area contributed by atoms with Crippen LogP contribution in [-0.2, 0) is 0 Å². The third-order valence-electron chi connectivity index (χ3n) is 14.6. The lowest BCUT2D eigenvalue weighted by atomic mass is 9.86. The molecule has 0 radical (unpaired) electrons. The smallest absolute Gasteiger partial charge is 0.0328 e. The molecule has 0 spiro atoms. The number of rotatable bonds is 6. The molecule has 0 saturated heterocycles. The molecule has 6 aliphatic rings. The van der Waals surface area contributed by atoms with Gasteiger partial charge in [-0.15, -0.1) is 0 Å². The number of hydrogen-bond donors (Lipinski definition) is 0. The Bertz CT molecular complexity index is 819. The molecule has 0 nitrogen and oxygen atoms in total. The first-order valence-corrected chi connectivity index (χ1v) is 31.9. The molecular weight excluding hydrogens is 817 g/mol. The average molecular weight is 966 g/mol. The van der Waals surface area contributed by atoms with Crippen molar-refractivity contribution < 1.29 is 0 Å². The summed E-state index contributed by atoms with van der Waals surface area (Å²) in [6.45, 7) is 55.2. The van der Waals surface area contributed by atoms with Gasteiger partial charge >= 0.3 is 0 Å². The number of hydrogen-bond acceptors (Lipinski definition) is 0. The van der Waals surface area contributed by atoms with Crippen LogP contribution in [0.25, 0.3) is 0 Å². The van der Waals surface area contributed by atoms with Crippen molar-refractivity contribution in [1.29, 1.82) is 0 Å². The van der Waals surface area contributed by atoms with Gasteiger partial charge in [-0.1, -0.05) is 372 Å². The molecule has 0 heteroatoms. The topological polar surface area (TPSA) is 0 Å². The molecule has 0 N–H and O–H groups in total. The summed E-state index contributed by atoms with van der Waals surface area (Å²) in [6.07, 6.45) is 48.5. The third-order valence-corrected chi connectivity index (χ3v) is 14.6. The van der Waals surface area contributed by atoms with E-state index in [1.165, 1.54) is 212 Å². The first-order valence-electron chi connectivity index (χ1n) is 31.9. The van der Waals surface area contributed by atoms with E-state index in [0.29, 0.717) is 10.8 Å². The van der Waals surface area contributed by atoms with Gasteiger partial charge in [0.05, 0.1) is 0 Å². The van der Waals surface area contributed by atoms with Crippen molar-refractivity contribution in [2.75, 3.05) is 0 Å². The molecule has 0 bridgehead atoms. The van der Waals surface area contributed by atoms with Gasteiger partial charge in [0.2, 0.25) is 0 Å². The van der Waals surface area contributed by atoms with E-state index >= 15 is 0 Å². The van der Waals surface area contributed by atoms with Gasteiger partial charge in [-0.3, -0.25) is 0 Å². The summed E-state index contributed by atoms with van der Waals surface area (Å²) >= 11 is 0. The van der Waals surface area contributed by atoms with E-state index in [4.69, 9.17) is 0 Å². The molecule has 0 unspecified atom stereocenters. The van der Waals surface area contributed by atoms with Crippen LogP contribution in [0.15, 0.2) is 0 Å². The maximum absolute atomic E-state index is 2.42. The summed E-state index contributed by atoms with van der Waals surface area (Å²) in [4.78, 5) is 0. The van der Waals surface area contributed by atoms with E-state index in [2.05, 4.69) is 145 Å². The van der Waals surface area contributed by atoms with Crippen molar-refractivity contribution in [3.05, 3.63) is 0 Å². The Hall–Kier alpha value is 0. The molecular formula is C68H148. The first-order chi connectivity index (χ1) is 31.9. The second-order valence-electron chi connectivity index (χ2n) is 26.4. The van der Waals surface area contributed by atoms with Gasteiger partial charge in [0.1, 0.15) is 0 Å². The Morgan fingerprint density at radius 1 is 0.426 bits per heavy atom. The Balaban J connectivity index is -0.000000157. The highest BCUT2D eigenvalue weighted by Crippen LogP contribution is 2.40. The fourth-order valence-electron chi connectivity index (χ4n) is 8.74. The third kappa shape index (κ3) is 74.9. The summed E-state index contributed by atoms with van der Waals surface area (Å²) in [5, 5.41) is 0. The van der Waals surface area contributed by atoms with Crippen molar-refractivity contribution in [2.45, 2.75) is 385 Å². The van der Waals surface area contributed by atoms with Crippen molar-refractivity contribution in [1.82, 2.24) is 0 Å². The Labute approximate surface area is 440 Å². The van der Waals surface area contributed by atoms with E-state index in [1.54, 1.807) is 0 Å². The minimum absolute atomic E-state index is 0.500. The standard InChI is InChI=1S/3C8H16.2C7H14.C6H12.C6H14.2C5H12.C4H10.2C2H6/c1-3-8(2)6-4-5-7-8;1-2-8-6-4-3-5-7-8;1-2-5-8-6-3-4-7-8;1-7-5-3-2-4-6-7;1-2-7-5-3-4-6-7;1-6-4-2-3-5-6;1-5-6(2,3)4;1-5(2,3)4;1-4-5(2)3;1-4(2)3;2*1-2/h3-7H2,1-2H3;2*8H,2-7H2,1H3;2*7H,2-6H2,1H3;6H,2-5H2,1H3;5H2,1-4H3;1-4H3;5H,4H2,1-3H3;4H,1-3H3;2*1-2H3. The highest BCUT2D eigenvalue weighted by Gasteiger charge is 2.25. The fraction of sp³-hybridized carbons (Fsp3) is 1.00. The Kier molecular flexibility index (Phi) is 65.7. The van der Waals surface area contributed by atoms with E-state index in [9.17, 15) is 0 Å². The predicted octanol–water partition coefficient (Wildman–Crippen LogP) is 26.6. The van der Waals surface area contributed by atoms with Crippen LogP contribution >= 0.6 is 0 Å². The summed E-state index contributed by atoms with van der Waals surface area (Å²) in [5.41, 5.74) is 1.78. The normalized spacial score (nSPS) is 19.1. The fourth-order valence-corrected chi connectivity index (χ4v) is 8.74. The van der Waals surface area contributed by atoms with Crippen LogP contribution in [0.1, 0.15) is 385 Å². The van der Waals surface area contributed by atoms with Crippen LogP contribution in [-0.4, -0.2) is 0 Å². The van der Waals surface area contributed by atoms with Crippen molar-refractivity contribution in [3.8, 4) is 0 Å². The SMILES string of the molecule is CC.CC.CC(C)(C)C.CC(C)C.CC1CCCC1.CC1CCCCC1.CCC(C)(C)C.CCC(C)C.CCC1(C)CCCC1.CCC1CCCC1.CCC1CCCCC1.CCCC1CCCC1. The minimum atomic E-state index is 0.500. The summed E-state index contributed by atoms with van der Waals surface area (Å²) in [7, 11) is 0. The maximum Gasteiger partial charge on any atom is -0.0328 e. The van der Waals surface area contributed by atoms with Crippen molar-refractivity contribution in [2.24, 2.45) is 57.7 Å². The van der Waals surface area contributed by atoms with Gasteiger partial charge in [0, 0.05) is 0 Å². The molecule has 0 amide bonds. The van der Waals surface area contributed by atoms with Gasteiger partial charge in [-0.2, -0.15) is 0 Å². The highest BCUT2D eigenvalue weighted by atomic mass is 14.3. The van der Waals surface area contributed by atoms with Crippen molar-refractivity contribution >= 4 is 0 Å². The molecule has 0 aromatic carbocycles. The zero-order valence-corrected chi connectivity index (χ0v) is 53.9. The molecule has 0 heterocycles. The van der Waals surface area contributed by atoms with Gasteiger partial charge < -0.3 is 0 Å².